The lowest BCUT2D eigenvalue weighted by Crippen LogP contribution is -2.43. The standard InChI is InChI=1S/C16H34O5/c1-3-5-7-9-15(19,11-17)13-21-14-16(20,12-18)10-8-6-4-2/h17-20H,3-14H2,1-2H3. The van der Waals surface area contributed by atoms with Crippen LogP contribution in [0.25, 0.3) is 0 Å². The monoisotopic (exact) mass is 306 g/mol. The first-order chi connectivity index (χ1) is 9.95. The first kappa shape index (κ1) is 20.8. The fourth-order valence-electron chi connectivity index (χ4n) is 2.23. The van der Waals surface area contributed by atoms with Crippen LogP contribution in [0.2, 0.25) is 0 Å². The second-order valence-corrected chi connectivity index (χ2v) is 6.17. The van der Waals surface area contributed by atoms with Gasteiger partial charge in [0.25, 0.3) is 0 Å². The van der Waals surface area contributed by atoms with Gasteiger partial charge >= 0.3 is 0 Å². The Morgan fingerprint density at radius 2 is 1.10 bits per heavy atom. The van der Waals surface area contributed by atoms with Crippen molar-refractivity contribution >= 4 is 0 Å². The van der Waals surface area contributed by atoms with Crippen LogP contribution in [0.15, 0.2) is 0 Å². The Hall–Kier alpha value is -0.200. The van der Waals surface area contributed by atoms with E-state index in [-0.39, 0.29) is 26.4 Å². The summed E-state index contributed by atoms with van der Waals surface area (Å²) in [5.41, 5.74) is -2.51. The number of hydrogen-bond acceptors (Lipinski definition) is 5. The maximum atomic E-state index is 10.2. The van der Waals surface area contributed by atoms with E-state index in [9.17, 15) is 20.4 Å². The summed E-state index contributed by atoms with van der Waals surface area (Å²) in [4.78, 5) is 0. The van der Waals surface area contributed by atoms with Gasteiger partial charge in [-0.2, -0.15) is 0 Å². The number of aliphatic hydroxyl groups excluding tert-OH is 2. The van der Waals surface area contributed by atoms with Crippen LogP contribution < -0.4 is 0 Å². The van der Waals surface area contributed by atoms with Gasteiger partial charge in [0.05, 0.1) is 26.4 Å². The van der Waals surface area contributed by atoms with E-state index in [0.717, 1.165) is 38.5 Å². The highest BCUT2D eigenvalue weighted by Crippen LogP contribution is 2.19. The molecule has 2 atom stereocenters. The predicted molar refractivity (Wildman–Crippen MR) is 83.2 cm³/mol. The molecule has 2 unspecified atom stereocenters. The molecule has 0 saturated heterocycles. The normalized spacial score (nSPS) is 17.4. The van der Waals surface area contributed by atoms with Gasteiger partial charge in [0.15, 0.2) is 0 Å². The number of unbranched alkanes of at least 4 members (excludes halogenated alkanes) is 4. The molecule has 0 aliphatic rings. The Balaban J connectivity index is 4.14. The maximum Gasteiger partial charge on any atom is 0.111 e. The van der Waals surface area contributed by atoms with Crippen LogP contribution in [0, 0.1) is 0 Å². The summed E-state index contributed by atoms with van der Waals surface area (Å²) < 4.78 is 5.39. The fourth-order valence-corrected chi connectivity index (χ4v) is 2.23. The molecule has 21 heavy (non-hydrogen) atoms. The molecule has 0 aliphatic heterocycles. The van der Waals surface area contributed by atoms with Gasteiger partial charge in [0, 0.05) is 0 Å². The number of hydrogen-bond donors (Lipinski definition) is 4. The fraction of sp³-hybridized carbons (Fsp3) is 1.00. The SMILES string of the molecule is CCCCCC(O)(CO)COCC(O)(CO)CCCCC. The van der Waals surface area contributed by atoms with Gasteiger partial charge in [0.2, 0.25) is 0 Å². The minimum absolute atomic E-state index is 0.0245. The highest BCUT2D eigenvalue weighted by atomic mass is 16.5. The van der Waals surface area contributed by atoms with Crippen LogP contribution in [-0.2, 0) is 4.74 Å². The summed E-state index contributed by atoms with van der Waals surface area (Å²) in [6.07, 6.45) is 6.71. The van der Waals surface area contributed by atoms with Crippen molar-refractivity contribution in [2.45, 2.75) is 76.4 Å². The third kappa shape index (κ3) is 9.42. The van der Waals surface area contributed by atoms with E-state index < -0.39 is 11.2 Å². The van der Waals surface area contributed by atoms with Crippen LogP contribution in [0.1, 0.15) is 65.2 Å². The molecule has 0 spiro atoms. The van der Waals surface area contributed by atoms with E-state index in [1.54, 1.807) is 0 Å². The van der Waals surface area contributed by atoms with Crippen molar-refractivity contribution < 1.29 is 25.2 Å². The third-order valence-corrected chi connectivity index (χ3v) is 3.82. The molecule has 4 N–H and O–H groups in total. The van der Waals surface area contributed by atoms with Gasteiger partial charge in [-0.3, -0.25) is 0 Å². The minimum atomic E-state index is -1.26. The van der Waals surface area contributed by atoms with Crippen molar-refractivity contribution in [2.24, 2.45) is 0 Å². The van der Waals surface area contributed by atoms with Crippen molar-refractivity contribution in [3.8, 4) is 0 Å². The van der Waals surface area contributed by atoms with Gasteiger partial charge in [-0.25, -0.2) is 0 Å². The van der Waals surface area contributed by atoms with Crippen LogP contribution in [-0.4, -0.2) is 58.1 Å². The lowest BCUT2D eigenvalue weighted by atomic mass is 9.96. The Bertz CT molecular complexity index is 225. The lowest BCUT2D eigenvalue weighted by molar-refractivity contribution is -0.129. The van der Waals surface area contributed by atoms with Crippen LogP contribution in [0.3, 0.4) is 0 Å². The first-order valence-corrected chi connectivity index (χ1v) is 8.19. The lowest BCUT2D eigenvalue weighted by Gasteiger charge is -2.30. The Labute approximate surface area is 129 Å². The maximum absolute atomic E-state index is 10.2. The van der Waals surface area contributed by atoms with Crippen LogP contribution in [0.5, 0.6) is 0 Å². The average molecular weight is 306 g/mol. The molecule has 0 rings (SSSR count). The Kier molecular flexibility index (Phi) is 11.3. The minimum Gasteiger partial charge on any atom is -0.393 e. The summed E-state index contributed by atoms with van der Waals surface area (Å²) >= 11 is 0. The molecule has 0 bridgehead atoms. The molecule has 0 fully saturated rings. The van der Waals surface area contributed by atoms with Crippen molar-refractivity contribution in [3.05, 3.63) is 0 Å². The molecule has 0 heterocycles. The number of aliphatic hydroxyl groups is 4. The Morgan fingerprint density at radius 1 is 0.714 bits per heavy atom. The van der Waals surface area contributed by atoms with Crippen LogP contribution in [0.4, 0.5) is 0 Å². The molecular weight excluding hydrogens is 272 g/mol. The number of ether oxygens (including phenoxy) is 1. The molecule has 0 aliphatic carbocycles. The second kappa shape index (κ2) is 11.4. The molecular formula is C16H34O5. The smallest absolute Gasteiger partial charge is 0.111 e. The molecule has 128 valence electrons. The van der Waals surface area contributed by atoms with Crippen molar-refractivity contribution in [1.82, 2.24) is 0 Å². The molecule has 5 heteroatoms. The number of rotatable bonds is 14. The topological polar surface area (TPSA) is 90.2 Å². The van der Waals surface area contributed by atoms with Gasteiger partial charge < -0.3 is 25.2 Å². The summed E-state index contributed by atoms with van der Waals surface area (Å²) in [6, 6.07) is 0. The largest absolute Gasteiger partial charge is 0.393 e. The van der Waals surface area contributed by atoms with E-state index in [1.807, 2.05) is 0 Å². The first-order valence-electron chi connectivity index (χ1n) is 8.19. The average Bonchev–Trinajstić information content (AvgIpc) is 2.48. The van der Waals surface area contributed by atoms with E-state index in [4.69, 9.17) is 4.74 Å². The summed E-state index contributed by atoms with van der Waals surface area (Å²) in [7, 11) is 0. The highest BCUT2D eigenvalue weighted by Gasteiger charge is 2.30. The van der Waals surface area contributed by atoms with Crippen molar-refractivity contribution in [2.75, 3.05) is 26.4 Å². The molecule has 0 saturated carbocycles. The van der Waals surface area contributed by atoms with Crippen molar-refractivity contribution in [1.29, 1.82) is 0 Å². The zero-order valence-corrected chi connectivity index (χ0v) is 13.7. The van der Waals surface area contributed by atoms with Crippen molar-refractivity contribution in [3.63, 3.8) is 0 Å². The summed E-state index contributed by atoms with van der Waals surface area (Å²) in [5, 5.41) is 39.0. The van der Waals surface area contributed by atoms with Gasteiger partial charge in [-0.05, 0) is 12.8 Å². The van der Waals surface area contributed by atoms with Gasteiger partial charge in [0.1, 0.15) is 11.2 Å². The zero-order chi connectivity index (χ0) is 16.2. The van der Waals surface area contributed by atoms with E-state index in [2.05, 4.69) is 13.8 Å². The highest BCUT2D eigenvalue weighted by molar-refractivity contribution is 4.80. The molecule has 0 aromatic rings. The molecule has 0 aromatic carbocycles. The Morgan fingerprint density at radius 3 is 1.38 bits per heavy atom. The second-order valence-electron chi connectivity index (χ2n) is 6.17. The molecule has 5 nitrogen and oxygen atoms in total. The quantitative estimate of drug-likeness (QED) is 0.366. The predicted octanol–water partition coefficient (Wildman–Crippen LogP) is 1.61. The van der Waals surface area contributed by atoms with Gasteiger partial charge in [-0.1, -0.05) is 52.4 Å². The molecule has 0 amide bonds. The van der Waals surface area contributed by atoms with E-state index >= 15 is 0 Å². The zero-order valence-electron chi connectivity index (χ0n) is 13.7. The third-order valence-electron chi connectivity index (χ3n) is 3.82. The summed E-state index contributed by atoms with van der Waals surface area (Å²) in [6.45, 7) is 3.39. The van der Waals surface area contributed by atoms with Gasteiger partial charge in [-0.15, -0.1) is 0 Å². The molecule has 0 radical (unpaired) electrons. The van der Waals surface area contributed by atoms with Crippen LogP contribution >= 0.6 is 0 Å². The van der Waals surface area contributed by atoms with E-state index in [1.165, 1.54) is 0 Å². The summed E-state index contributed by atoms with van der Waals surface area (Å²) in [5.74, 6) is 0. The van der Waals surface area contributed by atoms with E-state index in [0.29, 0.717) is 12.8 Å². The molecule has 0 aromatic heterocycles.